The molecule has 0 bridgehead atoms. The Morgan fingerprint density at radius 3 is 2.62 bits per heavy atom. The van der Waals surface area contributed by atoms with Crippen LogP contribution in [0.25, 0.3) is 0 Å². The first kappa shape index (κ1) is 15.1. The molecular formula is C10H8ClN5O4S. The number of nitrogens with zero attached hydrogens (tertiary/aromatic N) is 4. The number of nitro groups is 1. The van der Waals surface area contributed by atoms with Gasteiger partial charge >= 0.3 is 0 Å². The SMILES string of the molecule is Cc1cc(Cl)c([N+](=O)[O-])cc1S(=O)(=O)Nc1nccnn1. The Kier molecular flexibility index (Phi) is 4.00. The van der Waals surface area contributed by atoms with Crippen molar-refractivity contribution in [3.05, 3.63) is 45.2 Å². The summed E-state index contributed by atoms with van der Waals surface area (Å²) in [6, 6.07) is 2.09. The van der Waals surface area contributed by atoms with Gasteiger partial charge in [0.2, 0.25) is 0 Å². The molecule has 9 nitrogen and oxygen atoms in total. The molecule has 11 heteroatoms. The van der Waals surface area contributed by atoms with Gasteiger partial charge in [-0.05, 0) is 18.6 Å². The summed E-state index contributed by atoms with van der Waals surface area (Å²) in [5, 5.41) is 17.7. The second-order valence-corrected chi connectivity index (χ2v) is 5.96. The van der Waals surface area contributed by atoms with E-state index in [-0.39, 0.29) is 21.4 Å². The fraction of sp³-hybridized carbons (Fsp3) is 0.100. The van der Waals surface area contributed by atoms with Gasteiger partial charge in [0.05, 0.1) is 22.2 Å². The van der Waals surface area contributed by atoms with E-state index in [4.69, 9.17) is 11.6 Å². The van der Waals surface area contributed by atoms with Crippen molar-refractivity contribution < 1.29 is 13.3 Å². The third-order valence-electron chi connectivity index (χ3n) is 2.44. The van der Waals surface area contributed by atoms with Crippen LogP contribution in [0.3, 0.4) is 0 Å². The first-order valence-electron chi connectivity index (χ1n) is 5.42. The van der Waals surface area contributed by atoms with Gasteiger partial charge in [0.25, 0.3) is 21.7 Å². The highest BCUT2D eigenvalue weighted by Gasteiger charge is 2.24. The first-order valence-corrected chi connectivity index (χ1v) is 7.28. The Morgan fingerprint density at radius 1 is 1.33 bits per heavy atom. The van der Waals surface area contributed by atoms with Gasteiger partial charge in [0, 0.05) is 6.07 Å². The summed E-state index contributed by atoms with van der Waals surface area (Å²) in [6.07, 6.45) is 2.53. The summed E-state index contributed by atoms with van der Waals surface area (Å²) in [4.78, 5) is 13.5. The van der Waals surface area contributed by atoms with Gasteiger partial charge in [-0.25, -0.2) is 18.1 Å². The molecule has 0 atom stereocenters. The van der Waals surface area contributed by atoms with Gasteiger partial charge in [-0.3, -0.25) is 10.1 Å². The summed E-state index contributed by atoms with van der Waals surface area (Å²) >= 11 is 5.72. The second-order valence-electron chi connectivity index (χ2n) is 3.90. The van der Waals surface area contributed by atoms with Crippen molar-refractivity contribution >= 4 is 33.3 Å². The molecule has 1 N–H and O–H groups in total. The van der Waals surface area contributed by atoms with Crippen molar-refractivity contribution in [2.75, 3.05) is 4.72 Å². The molecule has 2 aromatic rings. The molecule has 0 aliphatic rings. The van der Waals surface area contributed by atoms with Gasteiger partial charge in [-0.2, -0.15) is 5.10 Å². The molecule has 0 amide bonds. The predicted octanol–water partition coefficient (Wildman–Crippen LogP) is 1.54. The van der Waals surface area contributed by atoms with Crippen LogP contribution in [0.5, 0.6) is 0 Å². The zero-order valence-electron chi connectivity index (χ0n) is 10.5. The lowest BCUT2D eigenvalue weighted by molar-refractivity contribution is -0.384. The Morgan fingerprint density at radius 2 is 2.05 bits per heavy atom. The highest BCUT2D eigenvalue weighted by Crippen LogP contribution is 2.30. The molecule has 1 heterocycles. The molecule has 21 heavy (non-hydrogen) atoms. The van der Waals surface area contributed by atoms with E-state index in [2.05, 4.69) is 19.9 Å². The second kappa shape index (κ2) is 5.58. The van der Waals surface area contributed by atoms with E-state index in [1.165, 1.54) is 25.4 Å². The van der Waals surface area contributed by atoms with Crippen LogP contribution in [-0.2, 0) is 10.0 Å². The van der Waals surface area contributed by atoms with Crippen LogP contribution in [0.4, 0.5) is 11.6 Å². The molecular weight excluding hydrogens is 322 g/mol. The van der Waals surface area contributed by atoms with Crippen LogP contribution >= 0.6 is 11.6 Å². The molecule has 0 saturated heterocycles. The summed E-state index contributed by atoms with van der Waals surface area (Å²) in [6.45, 7) is 1.47. The zero-order chi connectivity index (χ0) is 15.6. The van der Waals surface area contributed by atoms with E-state index in [0.29, 0.717) is 0 Å². The highest BCUT2D eigenvalue weighted by molar-refractivity contribution is 7.92. The largest absolute Gasteiger partial charge is 0.289 e. The van der Waals surface area contributed by atoms with Gasteiger partial charge in [0.15, 0.2) is 0 Å². The molecule has 1 aromatic carbocycles. The molecule has 2 rings (SSSR count). The summed E-state index contributed by atoms with van der Waals surface area (Å²) in [5.74, 6) is -0.241. The number of aryl methyl sites for hydroxylation is 1. The maximum atomic E-state index is 12.2. The number of hydrogen-bond donors (Lipinski definition) is 1. The quantitative estimate of drug-likeness (QED) is 0.665. The summed E-state index contributed by atoms with van der Waals surface area (Å²) < 4.78 is 26.5. The van der Waals surface area contributed by atoms with Crippen LogP contribution in [0.15, 0.2) is 29.4 Å². The minimum atomic E-state index is -4.09. The number of aromatic nitrogens is 3. The Labute approximate surface area is 124 Å². The monoisotopic (exact) mass is 329 g/mol. The van der Waals surface area contributed by atoms with Crippen molar-refractivity contribution in [2.45, 2.75) is 11.8 Å². The molecule has 0 fully saturated rings. The van der Waals surface area contributed by atoms with E-state index in [1.807, 2.05) is 0 Å². The number of sulfonamides is 1. The molecule has 1 aromatic heterocycles. The molecule has 0 aliphatic heterocycles. The molecule has 0 spiro atoms. The van der Waals surface area contributed by atoms with Gasteiger partial charge in [0.1, 0.15) is 5.02 Å². The number of halogens is 1. The van der Waals surface area contributed by atoms with E-state index >= 15 is 0 Å². The fourth-order valence-electron chi connectivity index (χ4n) is 1.54. The number of hydrogen-bond acceptors (Lipinski definition) is 7. The Balaban J connectivity index is 2.50. The number of anilines is 1. The smallest absolute Gasteiger partial charge is 0.258 e. The topological polar surface area (TPSA) is 128 Å². The number of nitro benzene ring substituents is 1. The third-order valence-corrected chi connectivity index (χ3v) is 4.21. The average molecular weight is 330 g/mol. The van der Waals surface area contributed by atoms with Crippen LogP contribution in [-0.4, -0.2) is 28.5 Å². The average Bonchev–Trinajstić information content (AvgIpc) is 2.38. The van der Waals surface area contributed by atoms with Crippen molar-refractivity contribution in [2.24, 2.45) is 0 Å². The van der Waals surface area contributed by atoms with E-state index in [0.717, 1.165) is 6.07 Å². The van der Waals surface area contributed by atoms with Crippen LogP contribution in [0, 0.1) is 17.0 Å². The lowest BCUT2D eigenvalue weighted by Gasteiger charge is -2.09. The van der Waals surface area contributed by atoms with Crippen molar-refractivity contribution in [3.63, 3.8) is 0 Å². The molecule has 0 aliphatic carbocycles. The van der Waals surface area contributed by atoms with Gasteiger partial charge in [-0.1, -0.05) is 11.6 Å². The first-order chi connectivity index (χ1) is 9.81. The van der Waals surface area contributed by atoms with Crippen molar-refractivity contribution in [3.8, 4) is 0 Å². The normalized spacial score (nSPS) is 11.1. The lowest BCUT2D eigenvalue weighted by Crippen LogP contribution is -2.16. The number of rotatable bonds is 4. The van der Waals surface area contributed by atoms with Crippen molar-refractivity contribution in [1.29, 1.82) is 0 Å². The number of benzene rings is 1. The van der Waals surface area contributed by atoms with E-state index in [1.54, 1.807) is 0 Å². The molecule has 110 valence electrons. The third kappa shape index (κ3) is 3.23. The lowest BCUT2D eigenvalue weighted by atomic mass is 10.2. The molecule has 0 radical (unpaired) electrons. The Hall–Kier alpha value is -2.33. The Bertz CT molecular complexity index is 797. The minimum absolute atomic E-state index is 0.144. The number of nitrogens with one attached hydrogen (secondary N) is 1. The predicted molar refractivity (Wildman–Crippen MR) is 73.5 cm³/mol. The molecule has 0 saturated carbocycles. The van der Waals surface area contributed by atoms with E-state index in [9.17, 15) is 18.5 Å². The van der Waals surface area contributed by atoms with Gasteiger partial charge in [-0.15, -0.1) is 5.10 Å². The van der Waals surface area contributed by atoms with Crippen molar-refractivity contribution in [1.82, 2.24) is 15.2 Å². The standard InChI is InChI=1S/C10H8ClN5O4S/c1-6-4-7(11)8(16(17)18)5-9(6)21(19,20)15-10-12-2-3-13-14-10/h2-5H,1H3,(H,12,14,15). The highest BCUT2D eigenvalue weighted by atomic mass is 35.5. The van der Waals surface area contributed by atoms with E-state index < -0.39 is 20.6 Å². The van der Waals surface area contributed by atoms with Crippen LogP contribution in [0.2, 0.25) is 5.02 Å². The molecule has 0 unspecified atom stereocenters. The van der Waals surface area contributed by atoms with Crippen LogP contribution < -0.4 is 4.72 Å². The minimum Gasteiger partial charge on any atom is -0.258 e. The summed E-state index contributed by atoms with van der Waals surface area (Å²) in [7, 11) is -4.09. The summed E-state index contributed by atoms with van der Waals surface area (Å²) in [5.41, 5.74) is -0.253. The van der Waals surface area contributed by atoms with Crippen LogP contribution in [0.1, 0.15) is 5.56 Å². The maximum absolute atomic E-state index is 12.2. The maximum Gasteiger partial charge on any atom is 0.289 e. The van der Waals surface area contributed by atoms with Gasteiger partial charge < -0.3 is 0 Å². The zero-order valence-corrected chi connectivity index (χ0v) is 12.1. The fourth-order valence-corrected chi connectivity index (χ4v) is 3.02.